The van der Waals surface area contributed by atoms with Gasteiger partial charge in [0.05, 0.1) is 5.56 Å². The van der Waals surface area contributed by atoms with E-state index in [-0.39, 0.29) is 6.54 Å². The monoisotopic (exact) mass is 285 g/mol. The normalized spacial score (nSPS) is 11.6. The Hall–Kier alpha value is -1.52. The number of rotatable bonds is 2. The van der Waals surface area contributed by atoms with Crippen LogP contribution in [0.15, 0.2) is 42.5 Å². The topological polar surface area (TPSA) is 26.0 Å². The second kappa shape index (κ2) is 5.23. The van der Waals surface area contributed by atoms with Gasteiger partial charge in [-0.25, -0.2) is 0 Å². The molecule has 0 bridgehead atoms. The average Bonchev–Trinajstić information content (AvgIpc) is 2.37. The minimum absolute atomic E-state index is 0.0183. The lowest BCUT2D eigenvalue weighted by molar-refractivity contribution is -0.137. The first kappa shape index (κ1) is 13.9. The lowest BCUT2D eigenvalue weighted by atomic mass is 9.97. The molecule has 0 saturated heterocycles. The van der Waals surface area contributed by atoms with E-state index in [0.717, 1.165) is 12.1 Å². The van der Waals surface area contributed by atoms with Crippen molar-refractivity contribution in [1.82, 2.24) is 0 Å². The summed E-state index contributed by atoms with van der Waals surface area (Å²) in [4.78, 5) is 0. The molecule has 0 atom stereocenters. The van der Waals surface area contributed by atoms with Crippen LogP contribution < -0.4 is 5.73 Å². The molecule has 0 aliphatic carbocycles. The summed E-state index contributed by atoms with van der Waals surface area (Å²) in [7, 11) is 0. The van der Waals surface area contributed by atoms with Crippen molar-refractivity contribution in [2.75, 3.05) is 0 Å². The highest BCUT2D eigenvalue weighted by Crippen LogP contribution is 2.35. The molecular formula is C14H11ClF3N. The van der Waals surface area contributed by atoms with Gasteiger partial charge < -0.3 is 5.73 Å². The fourth-order valence-corrected chi connectivity index (χ4v) is 2.12. The number of hydrogen-bond donors (Lipinski definition) is 1. The number of nitrogens with two attached hydrogens (primary N) is 1. The summed E-state index contributed by atoms with van der Waals surface area (Å²) in [6, 6.07) is 10.5. The van der Waals surface area contributed by atoms with Gasteiger partial charge in [-0.1, -0.05) is 35.9 Å². The van der Waals surface area contributed by atoms with Gasteiger partial charge in [-0.05, 0) is 29.3 Å². The quantitative estimate of drug-likeness (QED) is 0.865. The Labute approximate surface area is 113 Å². The molecule has 0 radical (unpaired) electrons. The predicted octanol–water partition coefficient (Wildman–Crippen LogP) is 4.48. The van der Waals surface area contributed by atoms with Gasteiger partial charge in [0.15, 0.2) is 0 Å². The highest BCUT2D eigenvalue weighted by atomic mass is 35.5. The molecule has 0 aliphatic rings. The van der Waals surface area contributed by atoms with Gasteiger partial charge in [-0.15, -0.1) is 0 Å². The number of alkyl halides is 3. The Kier molecular flexibility index (Phi) is 3.83. The van der Waals surface area contributed by atoms with Crippen molar-refractivity contribution in [2.45, 2.75) is 12.7 Å². The van der Waals surface area contributed by atoms with E-state index < -0.39 is 11.7 Å². The first-order valence-electron chi connectivity index (χ1n) is 5.58. The molecule has 0 aliphatic heterocycles. The molecule has 0 amide bonds. The van der Waals surface area contributed by atoms with Crippen LogP contribution in [-0.4, -0.2) is 0 Å². The van der Waals surface area contributed by atoms with E-state index in [4.69, 9.17) is 17.3 Å². The third-order valence-corrected chi connectivity index (χ3v) is 3.15. The first-order valence-corrected chi connectivity index (χ1v) is 5.96. The molecule has 0 fully saturated rings. The van der Waals surface area contributed by atoms with Gasteiger partial charge in [-0.3, -0.25) is 0 Å². The number of benzene rings is 2. The van der Waals surface area contributed by atoms with Gasteiger partial charge in [0.25, 0.3) is 0 Å². The highest BCUT2D eigenvalue weighted by molar-refractivity contribution is 6.33. The van der Waals surface area contributed by atoms with Crippen LogP contribution in [0.5, 0.6) is 0 Å². The minimum Gasteiger partial charge on any atom is -0.326 e. The molecule has 0 aromatic heterocycles. The molecular weight excluding hydrogens is 275 g/mol. The average molecular weight is 286 g/mol. The number of halogens is 4. The smallest absolute Gasteiger partial charge is 0.326 e. The predicted molar refractivity (Wildman–Crippen MR) is 69.8 cm³/mol. The van der Waals surface area contributed by atoms with Gasteiger partial charge in [0.2, 0.25) is 0 Å². The van der Waals surface area contributed by atoms with Gasteiger partial charge in [0, 0.05) is 17.1 Å². The summed E-state index contributed by atoms with van der Waals surface area (Å²) in [5.74, 6) is 0. The van der Waals surface area contributed by atoms with Crippen LogP contribution in [0.1, 0.15) is 11.1 Å². The summed E-state index contributed by atoms with van der Waals surface area (Å²) >= 11 is 6.05. The first-order chi connectivity index (χ1) is 8.93. The van der Waals surface area contributed by atoms with Gasteiger partial charge in [0.1, 0.15) is 0 Å². The molecule has 1 nitrogen and oxygen atoms in total. The molecule has 2 aromatic rings. The minimum atomic E-state index is -4.37. The molecule has 2 N–H and O–H groups in total. The van der Waals surface area contributed by atoms with Crippen molar-refractivity contribution >= 4 is 11.6 Å². The maximum absolute atomic E-state index is 12.7. The molecule has 0 spiro atoms. The summed E-state index contributed by atoms with van der Waals surface area (Å²) in [6.07, 6.45) is -4.37. The zero-order valence-electron chi connectivity index (χ0n) is 9.84. The fraction of sp³-hybridized carbons (Fsp3) is 0.143. The van der Waals surface area contributed by atoms with E-state index in [1.807, 2.05) is 0 Å². The lowest BCUT2D eigenvalue weighted by Gasteiger charge is -2.13. The van der Waals surface area contributed by atoms with E-state index >= 15 is 0 Å². The standard InChI is InChI=1S/C14H11ClF3N/c15-13-4-2-1-3-12(13)11-6-5-10(14(16,17)18)7-9(11)8-19/h1-7H,8,19H2. The largest absolute Gasteiger partial charge is 0.416 e. The molecule has 0 heterocycles. The van der Waals surface area contributed by atoms with Crippen LogP contribution in [-0.2, 0) is 12.7 Å². The Morgan fingerprint density at radius 2 is 1.68 bits per heavy atom. The van der Waals surface area contributed by atoms with E-state index in [0.29, 0.717) is 21.7 Å². The molecule has 0 saturated carbocycles. The SMILES string of the molecule is NCc1cc(C(F)(F)F)ccc1-c1ccccc1Cl. The van der Waals surface area contributed by atoms with Crippen molar-refractivity contribution in [2.24, 2.45) is 5.73 Å². The number of hydrogen-bond acceptors (Lipinski definition) is 1. The zero-order chi connectivity index (χ0) is 14.0. The molecule has 5 heteroatoms. The second-order valence-electron chi connectivity index (χ2n) is 4.05. The molecule has 2 rings (SSSR count). The van der Waals surface area contributed by atoms with Crippen molar-refractivity contribution in [3.63, 3.8) is 0 Å². The van der Waals surface area contributed by atoms with Crippen LogP contribution in [0.25, 0.3) is 11.1 Å². The summed E-state index contributed by atoms with van der Waals surface area (Å²) in [5, 5.41) is 0.483. The Balaban J connectivity index is 2.57. The maximum atomic E-state index is 12.7. The Morgan fingerprint density at radius 1 is 1.00 bits per heavy atom. The summed E-state index contributed by atoms with van der Waals surface area (Å²) < 4.78 is 38.0. The lowest BCUT2D eigenvalue weighted by Crippen LogP contribution is -2.08. The molecule has 0 unspecified atom stereocenters. The molecule has 2 aromatic carbocycles. The van der Waals surface area contributed by atoms with Crippen molar-refractivity contribution < 1.29 is 13.2 Å². The van der Waals surface area contributed by atoms with Crippen LogP contribution >= 0.6 is 11.6 Å². The van der Waals surface area contributed by atoms with E-state index in [1.165, 1.54) is 6.07 Å². The van der Waals surface area contributed by atoms with Crippen LogP contribution in [0.2, 0.25) is 5.02 Å². The fourth-order valence-electron chi connectivity index (χ4n) is 1.88. The third-order valence-electron chi connectivity index (χ3n) is 2.82. The zero-order valence-corrected chi connectivity index (χ0v) is 10.6. The van der Waals surface area contributed by atoms with Crippen LogP contribution in [0.3, 0.4) is 0 Å². The van der Waals surface area contributed by atoms with Crippen molar-refractivity contribution in [1.29, 1.82) is 0 Å². The maximum Gasteiger partial charge on any atom is 0.416 e. The Bertz CT molecular complexity index is 593. The van der Waals surface area contributed by atoms with Crippen LogP contribution in [0.4, 0.5) is 13.2 Å². The summed E-state index contributed by atoms with van der Waals surface area (Å²) in [5.41, 5.74) is 6.56. The summed E-state index contributed by atoms with van der Waals surface area (Å²) in [6.45, 7) is 0.0183. The van der Waals surface area contributed by atoms with Gasteiger partial charge in [-0.2, -0.15) is 13.2 Å². The van der Waals surface area contributed by atoms with Crippen molar-refractivity contribution in [3.05, 3.63) is 58.6 Å². The second-order valence-corrected chi connectivity index (χ2v) is 4.46. The highest BCUT2D eigenvalue weighted by Gasteiger charge is 2.31. The van der Waals surface area contributed by atoms with E-state index in [1.54, 1.807) is 24.3 Å². The Morgan fingerprint density at radius 3 is 2.26 bits per heavy atom. The third kappa shape index (κ3) is 2.91. The molecule has 100 valence electrons. The van der Waals surface area contributed by atoms with E-state index in [9.17, 15) is 13.2 Å². The van der Waals surface area contributed by atoms with E-state index in [2.05, 4.69) is 0 Å². The van der Waals surface area contributed by atoms with Gasteiger partial charge >= 0.3 is 6.18 Å². The van der Waals surface area contributed by atoms with Crippen LogP contribution in [0, 0.1) is 0 Å². The molecule has 19 heavy (non-hydrogen) atoms. The van der Waals surface area contributed by atoms with Crippen molar-refractivity contribution in [3.8, 4) is 11.1 Å².